The molecule has 1 heterocycles. The molecule has 0 unspecified atom stereocenters. The van der Waals surface area contributed by atoms with Gasteiger partial charge in [-0.3, -0.25) is 0 Å². The molecule has 3 saturated carbocycles. The van der Waals surface area contributed by atoms with Crippen LogP contribution in [0.4, 0.5) is 0 Å². The van der Waals surface area contributed by atoms with Gasteiger partial charge in [-0.25, -0.2) is 0 Å². The average molecular weight is 324 g/mol. The van der Waals surface area contributed by atoms with Gasteiger partial charge < -0.3 is 4.57 Å². The van der Waals surface area contributed by atoms with Crippen molar-refractivity contribution < 1.29 is 0 Å². The third-order valence-corrected chi connectivity index (χ3v) is 7.27. The van der Waals surface area contributed by atoms with E-state index in [9.17, 15) is 0 Å². The topological polar surface area (TPSA) is 30.7 Å². The SMILES string of the molecule is SCC1(CSc2nnc(C3CC3)n2C2CC2)CCCCC1. The Kier molecular flexibility index (Phi) is 3.99. The molecule has 0 bridgehead atoms. The van der Waals surface area contributed by atoms with Gasteiger partial charge in [-0.05, 0) is 49.7 Å². The zero-order chi connectivity index (χ0) is 14.3. The highest BCUT2D eigenvalue weighted by atomic mass is 32.2. The van der Waals surface area contributed by atoms with Gasteiger partial charge in [-0.1, -0.05) is 31.0 Å². The molecule has 0 aliphatic heterocycles. The lowest BCUT2D eigenvalue weighted by molar-refractivity contribution is 0.258. The molecule has 0 N–H and O–H groups in total. The molecule has 0 spiro atoms. The number of hydrogen-bond acceptors (Lipinski definition) is 4. The fourth-order valence-corrected chi connectivity index (χ4v) is 5.44. The summed E-state index contributed by atoms with van der Waals surface area (Å²) in [5.41, 5.74) is 0.437. The molecule has 21 heavy (non-hydrogen) atoms. The van der Waals surface area contributed by atoms with E-state index in [-0.39, 0.29) is 0 Å². The van der Waals surface area contributed by atoms with Gasteiger partial charge in [-0.2, -0.15) is 12.6 Å². The van der Waals surface area contributed by atoms with Crippen molar-refractivity contribution >= 4 is 24.4 Å². The number of thiol groups is 1. The molecule has 0 saturated heterocycles. The maximum Gasteiger partial charge on any atom is 0.191 e. The lowest BCUT2D eigenvalue weighted by Crippen LogP contribution is -2.29. The molecule has 1 aromatic heterocycles. The van der Waals surface area contributed by atoms with E-state index in [0.717, 1.165) is 5.75 Å². The van der Waals surface area contributed by atoms with Crippen LogP contribution in [0.3, 0.4) is 0 Å². The van der Waals surface area contributed by atoms with Crippen LogP contribution in [-0.2, 0) is 0 Å². The number of aromatic nitrogens is 3. The quantitative estimate of drug-likeness (QED) is 0.619. The van der Waals surface area contributed by atoms with Crippen LogP contribution in [0, 0.1) is 5.41 Å². The van der Waals surface area contributed by atoms with E-state index in [1.807, 2.05) is 11.8 Å². The van der Waals surface area contributed by atoms with E-state index in [4.69, 9.17) is 0 Å². The maximum absolute atomic E-state index is 4.67. The summed E-state index contributed by atoms with van der Waals surface area (Å²) in [4.78, 5) is 0. The summed E-state index contributed by atoms with van der Waals surface area (Å²) in [6.07, 6.45) is 12.1. The first-order valence-corrected chi connectivity index (χ1v) is 10.1. The average Bonchev–Trinajstić information content (AvgIpc) is 3.45. The number of rotatable bonds is 6. The van der Waals surface area contributed by atoms with Crippen molar-refractivity contribution in [2.75, 3.05) is 11.5 Å². The molecule has 3 aliphatic carbocycles. The number of nitrogens with zero attached hydrogens (tertiary/aromatic N) is 3. The Morgan fingerprint density at radius 2 is 1.86 bits per heavy atom. The minimum atomic E-state index is 0.437. The van der Waals surface area contributed by atoms with E-state index in [0.29, 0.717) is 17.4 Å². The first-order valence-electron chi connectivity index (χ1n) is 8.50. The summed E-state index contributed by atoms with van der Waals surface area (Å²) in [6.45, 7) is 0. The summed E-state index contributed by atoms with van der Waals surface area (Å²) in [5.74, 6) is 4.18. The van der Waals surface area contributed by atoms with Gasteiger partial charge in [0.15, 0.2) is 5.16 Å². The second-order valence-electron chi connectivity index (χ2n) is 7.22. The standard InChI is InChI=1S/C16H25N3S2/c20-10-16(8-2-1-3-9-16)11-21-15-18-17-14(12-4-5-12)19(15)13-6-7-13/h12-13,20H,1-11H2. The predicted molar refractivity (Wildman–Crippen MR) is 90.4 cm³/mol. The minimum Gasteiger partial charge on any atom is -0.303 e. The summed E-state index contributed by atoms with van der Waals surface area (Å²) < 4.78 is 2.48. The molecular weight excluding hydrogens is 298 g/mol. The first kappa shape index (κ1) is 14.4. The van der Waals surface area contributed by atoms with E-state index in [2.05, 4.69) is 27.4 Å². The Hall–Kier alpha value is -0.160. The van der Waals surface area contributed by atoms with Gasteiger partial charge >= 0.3 is 0 Å². The summed E-state index contributed by atoms with van der Waals surface area (Å²) in [5, 5.41) is 10.3. The Balaban J connectivity index is 1.49. The van der Waals surface area contributed by atoms with Gasteiger partial charge in [0.2, 0.25) is 0 Å². The summed E-state index contributed by atoms with van der Waals surface area (Å²) in [6, 6.07) is 0.705. The molecule has 116 valence electrons. The van der Waals surface area contributed by atoms with E-state index >= 15 is 0 Å². The van der Waals surface area contributed by atoms with Gasteiger partial charge in [0.05, 0.1) is 0 Å². The number of hydrogen-bond donors (Lipinski definition) is 1. The molecule has 3 nitrogen and oxygen atoms in total. The summed E-state index contributed by atoms with van der Waals surface area (Å²) >= 11 is 6.62. The summed E-state index contributed by atoms with van der Waals surface area (Å²) in [7, 11) is 0. The molecule has 1 aromatic rings. The van der Waals surface area contributed by atoms with Crippen LogP contribution in [0.2, 0.25) is 0 Å². The largest absolute Gasteiger partial charge is 0.303 e. The first-order chi connectivity index (χ1) is 10.3. The Morgan fingerprint density at radius 3 is 2.48 bits per heavy atom. The highest BCUT2D eigenvalue weighted by Gasteiger charge is 2.37. The van der Waals surface area contributed by atoms with Crippen LogP contribution in [-0.4, -0.2) is 26.3 Å². The maximum atomic E-state index is 4.67. The van der Waals surface area contributed by atoms with Crippen molar-refractivity contribution in [3.05, 3.63) is 5.82 Å². The zero-order valence-corrected chi connectivity index (χ0v) is 14.3. The minimum absolute atomic E-state index is 0.437. The predicted octanol–water partition coefficient (Wildman–Crippen LogP) is 4.46. The molecule has 0 atom stereocenters. The van der Waals surface area contributed by atoms with Crippen molar-refractivity contribution in [3.8, 4) is 0 Å². The van der Waals surface area contributed by atoms with E-state index in [1.165, 1.54) is 74.5 Å². The third kappa shape index (κ3) is 3.00. The highest BCUT2D eigenvalue weighted by molar-refractivity contribution is 7.99. The Bertz CT molecular complexity index is 500. The van der Waals surface area contributed by atoms with Crippen molar-refractivity contribution in [1.82, 2.24) is 14.8 Å². The van der Waals surface area contributed by atoms with Crippen molar-refractivity contribution in [1.29, 1.82) is 0 Å². The van der Waals surface area contributed by atoms with Gasteiger partial charge in [0, 0.05) is 17.7 Å². The van der Waals surface area contributed by atoms with Crippen molar-refractivity contribution in [2.24, 2.45) is 5.41 Å². The fraction of sp³-hybridized carbons (Fsp3) is 0.875. The highest BCUT2D eigenvalue weighted by Crippen LogP contribution is 2.47. The Labute approximate surface area is 137 Å². The van der Waals surface area contributed by atoms with Gasteiger partial charge in [0.1, 0.15) is 5.82 Å². The van der Waals surface area contributed by atoms with Crippen LogP contribution in [0.5, 0.6) is 0 Å². The lowest BCUT2D eigenvalue weighted by atomic mass is 9.77. The van der Waals surface area contributed by atoms with Crippen LogP contribution in [0.1, 0.15) is 75.6 Å². The molecule has 4 rings (SSSR count). The Morgan fingerprint density at radius 1 is 1.10 bits per heavy atom. The molecular formula is C16H25N3S2. The third-order valence-electron chi connectivity index (χ3n) is 5.30. The molecule has 0 radical (unpaired) electrons. The molecule has 3 fully saturated rings. The number of thioether (sulfide) groups is 1. The van der Waals surface area contributed by atoms with Crippen molar-refractivity contribution in [2.45, 2.75) is 74.9 Å². The fourth-order valence-electron chi connectivity index (χ4n) is 3.55. The second-order valence-corrected chi connectivity index (χ2v) is 8.48. The molecule has 5 heteroatoms. The van der Waals surface area contributed by atoms with E-state index in [1.54, 1.807) is 0 Å². The monoisotopic (exact) mass is 323 g/mol. The van der Waals surface area contributed by atoms with Crippen LogP contribution < -0.4 is 0 Å². The van der Waals surface area contributed by atoms with Crippen LogP contribution in [0.25, 0.3) is 0 Å². The van der Waals surface area contributed by atoms with Crippen LogP contribution in [0.15, 0.2) is 5.16 Å². The second kappa shape index (κ2) is 5.80. The lowest BCUT2D eigenvalue weighted by Gasteiger charge is -2.35. The smallest absolute Gasteiger partial charge is 0.191 e. The molecule has 3 aliphatic rings. The van der Waals surface area contributed by atoms with Gasteiger partial charge in [0.25, 0.3) is 0 Å². The van der Waals surface area contributed by atoms with E-state index < -0.39 is 0 Å². The molecule has 0 aromatic carbocycles. The molecule has 0 amide bonds. The normalized spacial score (nSPS) is 25.2. The van der Waals surface area contributed by atoms with Crippen LogP contribution >= 0.6 is 24.4 Å². The van der Waals surface area contributed by atoms with Gasteiger partial charge in [-0.15, -0.1) is 10.2 Å². The zero-order valence-electron chi connectivity index (χ0n) is 12.6. The van der Waals surface area contributed by atoms with Crippen molar-refractivity contribution in [3.63, 3.8) is 0 Å².